The van der Waals surface area contributed by atoms with Crippen LogP contribution in [0.3, 0.4) is 0 Å². The van der Waals surface area contributed by atoms with E-state index < -0.39 is 5.60 Å². The normalized spacial score (nSPS) is 22.5. The summed E-state index contributed by atoms with van der Waals surface area (Å²) in [6.07, 6.45) is 7.02. The molecule has 1 aliphatic carbocycles. The average Bonchev–Trinajstić information content (AvgIpc) is 2.89. The quantitative estimate of drug-likeness (QED) is 0.336. The van der Waals surface area contributed by atoms with E-state index in [-0.39, 0.29) is 23.7 Å². The third kappa shape index (κ3) is 7.22. The maximum atomic E-state index is 13.5. The number of rotatable bonds is 7. The molecule has 2 unspecified atom stereocenters. The number of carbonyl (C=O) groups is 2. The van der Waals surface area contributed by atoms with Crippen LogP contribution in [0.25, 0.3) is 5.57 Å². The molecule has 5 nitrogen and oxygen atoms in total. The first-order valence-electron chi connectivity index (χ1n) is 15.2. The van der Waals surface area contributed by atoms with Gasteiger partial charge in [-0.2, -0.15) is 0 Å². The first kappa shape index (κ1) is 29.6. The van der Waals surface area contributed by atoms with E-state index in [1.807, 2.05) is 25.7 Å². The number of hydrogen-bond acceptors (Lipinski definition) is 4. The lowest BCUT2D eigenvalue weighted by atomic mass is 9.70. The van der Waals surface area contributed by atoms with E-state index in [1.54, 1.807) is 0 Å². The standard InChI is InChI=1S/C34H50N2O3/c1-8-9-28(23(2)3)31-20-24(4)30-21-27(10-11-29(30)32(31)37)26-14-16-35(17-15-26)22-25-12-18-36(19-13-25)33(38)39-34(5,6)7/h10-11,21,25-26,28,31H,2,4,8-9,12-20,22H2,1,3,5-7H3. The zero-order valence-corrected chi connectivity index (χ0v) is 25.1. The second-order valence-electron chi connectivity index (χ2n) is 13.3. The molecule has 1 amide bonds. The van der Waals surface area contributed by atoms with Crippen molar-refractivity contribution in [2.45, 2.75) is 91.1 Å². The van der Waals surface area contributed by atoms with Gasteiger partial charge in [0.2, 0.25) is 0 Å². The number of carbonyl (C=O) groups excluding carboxylic acids is 2. The van der Waals surface area contributed by atoms with Gasteiger partial charge in [0.1, 0.15) is 5.60 Å². The summed E-state index contributed by atoms with van der Waals surface area (Å²) in [5, 5.41) is 0. The van der Waals surface area contributed by atoms with Crippen molar-refractivity contribution < 1.29 is 14.3 Å². The summed E-state index contributed by atoms with van der Waals surface area (Å²) in [4.78, 5) is 30.4. The van der Waals surface area contributed by atoms with Gasteiger partial charge in [0.05, 0.1) is 0 Å². The molecule has 0 bridgehead atoms. The van der Waals surface area contributed by atoms with Crippen LogP contribution in [0.2, 0.25) is 0 Å². The minimum Gasteiger partial charge on any atom is -0.444 e. The second-order valence-corrected chi connectivity index (χ2v) is 13.3. The Morgan fingerprint density at radius 2 is 1.74 bits per heavy atom. The highest BCUT2D eigenvalue weighted by atomic mass is 16.6. The second kappa shape index (κ2) is 12.4. The van der Waals surface area contributed by atoms with Crippen LogP contribution in [-0.4, -0.2) is 60.0 Å². The molecular formula is C34H50N2O3. The molecule has 5 heteroatoms. The molecule has 2 heterocycles. The number of allylic oxidation sites excluding steroid dienone is 2. The van der Waals surface area contributed by atoms with E-state index in [1.165, 1.54) is 5.56 Å². The lowest BCUT2D eigenvalue weighted by molar-refractivity contribution is 0.0165. The minimum absolute atomic E-state index is 0.0208. The molecule has 0 radical (unpaired) electrons. The van der Waals surface area contributed by atoms with Crippen molar-refractivity contribution >= 4 is 17.4 Å². The lowest BCUT2D eigenvalue weighted by Crippen LogP contribution is -2.44. The van der Waals surface area contributed by atoms with E-state index in [0.717, 1.165) is 99.9 Å². The molecular weight excluding hydrogens is 484 g/mol. The Morgan fingerprint density at radius 3 is 2.33 bits per heavy atom. The largest absolute Gasteiger partial charge is 0.444 e. The molecule has 2 aliphatic heterocycles. The van der Waals surface area contributed by atoms with Crippen LogP contribution in [0.1, 0.15) is 107 Å². The topological polar surface area (TPSA) is 49.9 Å². The minimum atomic E-state index is -0.441. The summed E-state index contributed by atoms with van der Waals surface area (Å²) in [7, 11) is 0. The molecule has 214 valence electrons. The Hall–Kier alpha value is -2.40. The summed E-state index contributed by atoms with van der Waals surface area (Å²) in [6.45, 7) is 23.5. The number of Topliss-reactive ketones (excluding diaryl/α,β-unsaturated/α-hetero) is 1. The van der Waals surface area contributed by atoms with Crippen LogP contribution in [0.5, 0.6) is 0 Å². The van der Waals surface area contributed by atoms with Gasteiger partial charge in [0.25, 0.3) is 0 Å². The van der Waals surface area contributed by atoms with Gasteiger partial charge >= 0.3 is 6.09 Å². The Morgan fingerprint density at radius 1 is 1.08 bits per heavy atom. The Balaban J connectivity index is 1.30. The molecule has 2 saturated heterocycles. The van der Waals surface area contributed by atoms with Gasteiger partial charge in [-0.15, -0.1) is 0 Å². The SMILES string of the molecule is C=C1CC(C(CCC)C(=C)C)C(=O)c2ccc(C3CCN(CC4CCN(C(=O)OC(C)(C)C)CC4)CC3)cc21. The first-order chi connectivity index (χ1) is 18.5. The molecule has 4 rings (SSSR count). The van der Waals surface area contributed by atoms with Gasteiger partial charge in [0.15, 0.2) is 5.78 Å². The number of fused-ring (bicyclic) bond motifs is 1. The van der Waals surface area contributed by atoms with Crippen LogP contribution < -0.4 is 0 Å². The van der Waals surface area contributed by atoms with Crippen LogP contribution in [0, 0.1) is 17.8 Å². The summed E-state index contributed by atoms with van der Waals surface area (Å²) in [5.41, 5.74) is 5.07. The van der Waals surface area contributed by atoms with Crippen molar-refractivity contribution in [2.24, 2.45) is 17.8 Å². The summed E-state index contributed by atoms with van der Waals surface area (Å²) in [6, 6.07) is 6.55. The smallest absolute Gasteiger partial charge is 0.410 e. The van der Waals surface area contributed by atoms with Crippen molar-refractivity contribution in [1.29, 1.82) is 0 Å². The number of hydrogen-bond donors (Lipinski definition) is 0. The molecule has 1 aromatic rings. The highest BCUT2D eigenvalue weighted by Crippen LogP contribution is 2.42. The number of ketones is 1. The number of amides is 1. The fourth-order valence-electron chi connectivity index (χ4n) is 6.86. The Labute approximate surface area is 236 Å². The predicted octanol–water partition coefficient (Wildman–Crippen LogP) is 7.72. The van der Waals surface area contributed by atoms with Crippen LogP contribution in [0.4, 0.5) is 4.79 Å². The van der Waals surface area contributed by atoms with Crippen LogP contribution in [-0.2, 0) is 4.74 Å². The molecule has 0 spiro atoms. The van der Waals surface area contributed by atoms with Crippen molar-refractivity contribution in [3.05, 3.63) is 53.6 Å². The highest BCUT2D eigenvalue weighted by molar-refractivity contribution is 6.05. The summed E-state index contributed by atoms with van der Waals surface area (Å²) in [5.74, 6) is 1.66. The van der Waals surface area contributed by atoms with Crippen molar-refractivity contribution in [3.63, 3.8) is 0 Å². The van der Waals surface area contributed by atoms with Crippen molar-refractivity contribution in [2.75, 3.05) is 32.7 Å². The molecule has 2 atom stereocenters. The number of ether oxygens (including phenoxy) is 1. The number of benzene rings is 1. The summed E-state index contributed by atoms with van der Waals surface area (Å²) < 4.78 is 5.55. The highest BCUT2D eigenvalue weighted by Gasteiger charge is 2.36. The van der Waals surface area contributed by atoms with E-state index in [9.17, 15) is 9.59 Å². The number of likely N-dealkylation sites (tertiary alicyclic amines) is 2. The van der Waals surface area contributed by atoms with Gasteiger partial charge in [-0.1, -0.05) is 50.3 Å². The molecule has 0 N–H and O–H groups in total. The Kier molecular flexibility index (Phi) is 9.41. The van der Waals surface area contributed by atoms with Crippen LogP contribution >= 0.6 is 0 Å². The van der Waals surface area contributed by atoms with Gasteiger partial charge < -0.3 is 14.5 Å². The zero-order valence-electron chi connectivity index (χ0n) is 25.1. The van der Waals surface area contributed by atoms with Gasteiger partial charge in [-0.05, 0) is 114 Å². The van der Waals surface area contributed by atoms with Gasteiger partial charge in [0, 0.05) is 31.1 Å². The maximum Gasteiger partial charge on any atom is 0.410 e. The van der Waals surface area contributed by atoms with Gasteiger partial charge in [-0.25, -0.2) is 4.79 Å². The third-order valence-corrected chi connectivity index (χ3v) is 9.05. The van der Waals surface area contributed by atoms with E-state index >= 15 is 0 Å². The fraction of sp³-hybridized carbons (Fsp3) is 0.647. The Bertz CT molecular complexity index is 1070. The third-order valence-electron chi connectivity index (χ3n) is 9.05. The molecule has 0 aromatic heterocycles. The number of piperidine rings is 2. The van der Waals surface area contributed by atoms with E-state index in [4.69, 9.17) is 4.74 Å². The van der Waals surface area contributed by atoms with Crippen molar-refractivity contribution in [3.8, 4) is 0 Å². The van der Waals surface area contributed by atoms with E-state index in [2.05, 4.69) is 50.1 Å². The summed E-state index contributed by atoms with van der Waals surface area (Å²) >= 11 is 0. The average molecular weight is 535 g/mol. The zero-order chi connectivity index (χ0) is 28.3. The molecule has 1 aromatic carbocycles. The first-order valence-corrected chi connectivity index (χ1v) is 15.2. The molecule has 39 heavy (non-hydrogen) atoms. The van der Waals surface area contributed by atoms with Gasteiger partial charge in [-0.3, -0.25) is 4.79 Å². The lowest BCUT2D eigenvalue weighted by Gasteiger charge is -2.38. The van der Waals surface area contributed by atoms with Crippen LogP contribution in [0.15, 0.2) is 36.9 Å². The number of nitrogens with zero attached hydrogens (tertiary/aromatic N) is 2. The molecule has 0 saturated carbocycles. The molecule has 2 fully saturated rings. The monoisotopic (exact) mass is 534 g/mol. The maximum absolute atomic E-state index is 13.5. The van der Waals surface area contributed by atoms with Crippen molar-refractivity contribution in [1.82, 2.24) is 9.80 Å². The molecule has 3 aliphatic rings. The van der Waals surface area contributed by atoms with E-state index in [0.29, 0.717) is 11.8 Å². The fourth-order valence-corrected chi connectivity index (χ4v) is 6.86. The predicted molar refractivity (Wildman–Crippen MR) is 160 cm³/mol.